The van der Waals surface area contributed by atoms with Crippen LogP contribution in [-0.4, -0.2) is 46.9 Å². The molecular formula is C14H16N4O3S. The van der Waals surface area contributed by atoms with E-state index in [1.807, 2.05) is 17.5 Å². The first-order valence-electron chi connectivity index (χ1n) is 6.92. The Kier molecular flexibility index (Phi) is 4.21. The Morgan fingerprint density at radius 1 is 1.41 bits per heavy atom. The average molecular weight is 320 g/mol. The number of thiophene rings is 1. The van der Waals surface area contributed by atoms with E-state index in [4.69, 9.17) is 10.5 Å². The largest absolute Gasteiger partial charge is 0.394 e. The van der Waals surface area contributed by atoms with E-state index >= 15 is 0 Å². The molecule has 1 aliphatic heterocycles. The zero-order chi connectivity index (χ0) is 15.5. The smallest absolute Gasteiger partial charge is 0.290 e. The normalized spacial score (nSPS) is 15.0. The van der Waals surface area contributed by atoms with Gasteiger partial charge in [-0.1, -0.05) is 6.07 Å². The van der Waals surface area contributed by atoms with Crippen molar-refractivity contribution in [3.8, 4) is 10.6 Å². The van der Waals surface area contributed by atoms with Crippen LogP contribution in [-0.2, 0) is 16.1 Å². The van der Waals surface area contributed by atoms with Crippen LogP contribution in [0.2, 0.25) is 0 Å². The van der Waals surface area contributed by atoms with E-state index in [0.29, 0.717) is 32.0 Å². The number of nitrogen functional groups attached to an aromatic ring is 1. The number of carbonyl (C=O) groups excluding carboxylic acids is 1. The summed E-state index contributed by atoms with van der Waals surface area (Å²) >= 11 is 1.50. The van der Waals surface area contributed by atoms with Gasteiger partial charge in [0.15, 0.2) is 0 Å². The van der Waals surface area contributed by atoms with E-state index in [1.54, 1.807) is 11.0 Å². The molecule has 0 aromatic carbocycles. The number of amides is 1. The molecule has 0 unspecified atom stereocenters. The van der Waals surface area contributed by atoms with Gasteiger partial charge in [-0.15, -0.1) is 11.3 Å². The summed E-state index contributed by atoms with van der Waals surface area (Å²) in [7, 11) is 0. The number of morpholine rings is 1. The highest BCUT2D eigenvalue weighted by Gasteiger charge is 2.19. The minimum absolute atomic E-state index is 0.0909. The van der Waals surface area contributed by atoms with Crippen molar-refractivity contribution < 1.29 is 9.53 Å². The van der Waals surface area contributed by atoms with Crippen LogP contribution in [0, 0.1) is 0 Å². The van der Waals surface area contributed by atoms with Crippen molar-refractivity contribution in [3.63, 3.8) is 0 Å². The molecule has 0 spiro atoms. The molecule has 116 valence electrons. The van der Waals surface area contributed by atoms with E-state index in [1.165, 1.54) is 11.3 Å². The predicted molar refractivity (Wildman–Crippen MR) is 83.6 cm³/mol. The first-order chi connectivity index (χ1) is 10.6. The Morgan fingerprint density at radius 3 is 2.86 bits per heavy atom. The monoisotopic (exact) mass is 320 g/mol. The van der Waals surface area contributed by atoms with E-state index < -0.39 is 5.56 Å². The highest BCUT2D eigenvalue weighted by atomic mass is 32.1. The van der Waals surface area contributed by atoms with Crippen LogP contribution in [0.5, 0.6) is 0 Å². The zero-order valence-corrected chi connectivity index (χ0v) is 12.7. The Labute approximate surface area is 130 Å². The molecule has 0 bridgehead atoms. The molecule has 8 heteroatoms. The maximum absolute atomic E-state index is 12.3. The van der Waals surface area contributed by atoms with E-state index in [2.05, 4.69) is 5.10 Å². The molecule has 0 atom stereocenters. The molecular weight excluding hydrogens is 304 g/mol. The van der Waals surface area contributed by atoms with Gasteiger partial charge in [-0.3, -0.25) is 9.59 Å². The number of ether oxygens (including phenoxy) is 1. The van der Waals surface area contributed by atoms with Crippen molar-refractivity contribution in [1.29, 1.82) is 0 Å². The van der Waals surface area contributed by atoms with Gasteiger partial charge in [0.25, 0.3) is 5.56 Å². The van der Waals surface area contributed by atoms with Crippen molar-refractivity contribution >= 4 is 22.9 Å². The van der Waals surface area contributed by atoms with Crippen LogP contribution in [0.1, 0.15) is 0 Å². The third-order valence-electron chi connectivity index (χ3n) is 3.42. The molecule has 0 saturated carbocycles. The summed E-state index contributed by atoms with van der Waals surface area (Å²) in [5, 5.41) is 6.18. The van der Waals surface area contributed by atoms with Crippen LogP contribution in [0.15, 0.2) is 28.4 Å². The highest BCUT2D eigenvalue weighted by Crippen LogP contribution is 2.22. The first kappa shape index (κ1) is 14.7. The van der Waals surface area contributed by atoms with E-state index in [0.717, 1.165) is 9.56 Å². The van der Waals surface area contributed by atoms with Gasteiger partial charge in [0, 0.05) is 13.1 Å². The number of nitrogens with two attached hydrogens (primary N) is 1. The van der Waals surface area contributed by atoms with Crippen molar-refractivity contribution in [3.05, 3.63) is 33.9 Å². The Hall–Kier alpha value is -2.19. The van der Waals surface area contributed by atoms with E-state index in [-0.39, 0.29) is 18.1 Å². The molecule has 1 aliphatic rings. The molecule has 1 saturated heterocycles. The maximum atomic E-state index is 12.3. The number of nitrogens with zero attached hydrogens (tertiary/aromatic N) is 3. The van der Waals surface area contributed by atoms with Crippen molar-refractivity contribution in [1.82, 2.24) is 14.7 Å². The quantitative estimate of drug-likeness (QED) is 0.885. The highest BCUT2D eigenvalue weighted by molar-refractivity contribution is 7.13. The van der Waals surface area contributed by atoms with Gasteiger partial charge in [0.1, 0.15) is 17.9 Å². The zero-order valence-electron chi connectivity index (χ0n) is 11.9. The summed E-state index contributed by atoms with van der Waals surface area (Å²) in [5.41, 5.74) is 6.02. The molecule has 3 heterocycles. The minimum atomic E-state index is -0.443. The van der Waals surface area contributed by atoms with Gasteiger partial charge in [-0.25, -0.2) is 4.68 Å². The van der Waals surface area contributed by atoms with Crippen LogP contribution in [0.3, 0.4) is 0 Å². The summed E-state index contributed by atoms with van der Waals surface area (Å²) in [5.74, 6) is -0.152. The van der Waals surface area contributed by atoms with Gasteiger partial charge in [-0.2, -0.15) is 5.10 Å². The molecule has 0 aliphatic carbocycles. The minimum Gasteiger partial charge on any atom is -0.394 e. The second kappa shape index (κ2) is 6.29. The molecule has 2 aromatic heterocycles. The first-order valence-corrected chi connectivity index (χ1v) is 7.80. The fourth-order valence-corrected chi connectivity index (χ4v) is 2.94. The third kappa shape index (κ3) is 3.02. The fraction of sp³-hybridized carbons (Fsp3) is 0.357. The lowest BCUT2D eigenvalue weighted by atomic mass is 10.3. The second-order valence-corrected chi connectivity index (χ2v) is 5.87. The number of hydrogen-bond donors (Lipinski definition) is 1. The summed E-state index contributed by atoms with van der Waals surface area (Å²) in [6.07, 6.45) is 0. The lowest BCUT2D eigenvalue weighted by molar-refractivity contribution is -0.136. The Bertz CT molecular complexity index is 720. The molecule has 0 radical (unpaired) electrons. The number of aromatic nitrogens is 2. The summed E-state index contributed by atoms with van der Waals surface area (Å²) in [6.45, 7) is 2.00. The van der Waals surface area contributed by atoms with E-state index in [9.17, 15) is 9.59 Å². The maximum Gasteiger partial charge on any atom is 0.290 e. The molecule has 7 nitrogen and oxygen atoms in total. The van der Waals surface area contributed by atoms with Crippen LogP contribution in [0.4, 0.5) is 5.69 Å². The van der Waals surface area contributed by atoms with Gasteiger partial charge < -0.3 is 15.4 Å². The third-order valence-corrected chi connectivity index (χ3v) is 4.32. The van der Waals surface area contributed by atoms with Crippen LogP contribution < -0.4 is 11.3 Å². The number of rotatable bonds is 3. The molecule has 1 amide bonds. The topological polar surface area (TPSA) is 90.4 Å². The molecule has 1 fully saturated rings. The van der Waals surface area contributed by atoms with Crippen molar-refractivity contribution in [2.24, 2.45) is 0 Å². The lowest BCUT2D eigenvalue weighted by Gasteiger charge is -2.26. The molecule has 3 rings (SSSR count). The van der Waals surface area contributed by atoms with Gasteiger partial charge in [0.2, 0.25) is 5.91 Å². The molecule has 2 N–H and O–H groups in total. The fourth-order valence-electron chi connectivity index (χ4n) is 2.26. The second-order valence-electron chi connectivity index (χ2n) is 4.92. The molecule has 22 heavy (non-hydrogen) atoms. The van der Waals surface area contributed by atoms with Crippen molar-refractivity contribution in [2.75, 3.05) is 32.0 Å². The van der Waals surface area contributed by atoms with Gasteiger partial charge in [0.05, 0.1) is 18.1 Å². The number of carbonyl (C=O) groups is 1. The van der Waals surface area contributed by atoms with Gasteiger partial charge >= 0.3 is 0 Å². The van der Waals surface area contributed by atoms with Crippen molar-refractivity contribution in [2.45, 2.75) is 6.54 Å². The summed E-state index contributed by atoms with van der Waals surface area (Å²) < 4.78 is 6.36. The Morgan fingerprint density at radius 2 is 2.18 bits per heavy atom. The predicted octanol–water partition coefficient (Wildman–Crippen LogP) is 0.413. The number of anilines is 1. The number of hydrogen-bond acceptors (Lipinski definition) is 6. The SMILES string of the molecule is Nc1cc(-c2cccs2)nn(CC(=O)N2CCOCC2)c1=O. The average Bonchev–Trinajstić information content (AvgIpc) is 3.07. The Balaban J connectivity index is 1.86. The summed E-state index contributed by atoms with van der Waals surface area (Å²) in [4.78, 5) is 26.9. The summed E-state index contributed by atoms with van der Waals surface area (Å²) in [6, 6.07) is 5.33. The lowest BCUT2D eigenvalue weighted by Crippen LogP contribution is -2.44. The van der Waals surface area contributed by atoms with Crippen LogP contribution in [0.25, 0.3) is 10.6 Å². The van der Waals surface area contributed by atoms with Crippen LogP contribution >= 0.6 is 11.3 Å². The van der Waals surface area contributed by atoms with Gasteiger partial charge in [-0.05, 0) is 17.5 Å². The molecule has 2 aromatic rings. The standard InChI is InChI=1S/C14H16N4O3S/c15-10-8-11(12-2-1-7-22-12)16-18(14(10)20)9-13(19)17-3-5-21-6-4-17/h1-2,7-8H,3-6,9,15H2.